The normalized spacial score (nSPS) is 20.2. The molecule has 0 saturated carbocycles. The Kier molecular flexibility index (Phi) is 6.34. The topological polar surface area (TPSA) is 92.6 Å². The molecule has 1 N–H and O–H groups in total. The number of fused-ring (bicyclic) bond motifs is 1. The van der Waals surface area contributed by atoms with Gasteiger partial charge in [-0.15, -0.1) is 0 Å². The number of carbonyl (C=O) groups excluding carboxylic acids is 1. The zero-order valence-electron chi connectivity index (χ0n) is 19.4. The predicted molar refractivity (Wildman–Crippen MR) is 115 cm³/mol. The van der Waals surface area contributed by atoms with Gasteiger partial charge >= 0.3 is 12.1 Å². The number of alkyl halides is 3. The lowest BCUT2D eigenvalue weighted by molar-refractivity contribution is -0.151. The first-order chi connectivity index (χ1) is 15.1. The summed E-state index contributed by atoms with van der Waals surface area (Å²) in [6, 6.07) is 2.05. The molecule has 7 nitrogen and oxygen atoms in total. The van der Waals surface area contributed by atoms with Gasteiger partial charge in [-0.1, -0.05) is 27.7 Å². The molecule has 0 bridgehead atoms. The predicted octanol–water partition coefficient (Wildman–Crippen LogP) is 4.38. The summed E-state index contributed by atoms with van der Waals surface area (Å²) in [5.74, 6) is -3.60. The summed E-state index contributed by atoms with van der Waals surface area (Å²) in [6.45, 7) is 10.9. The van der Waals surface area contributed by atoms with Crippen molar-refractivity contribution >= 4 is 22.8 Å². The highest BCUT2D eigenvalue weighted by Gasteiger charge is 2.44. The van der Waals surface area contributed by atoms with Gasteiger partial charge in [-0.05, 0) is 42.5 Å². The van der Waals surface area contributed by atoms with Crippen molar-refractivity contribution in [3.8, 4) is 5.88 Å². The van der Waals surface area contributed by atoms with E-state index < -0.39 is 36.0 Å². The number of nitrogens with zero attached hydrogens (tertiary/aromatic N) is 3. The van der Waals surface area contributed by atoms with Crippen molar-refractivity contribution in [2.75, 3.05) is 6.54 Å². The van der Waals surface area contributed by atoms with E-state index in [0.717, 1.165) is 11.1 Å². The van der Waals surface area contributed by atoms with Crippen LogP contribution in [0.3, 0.4) is 0 Å². The van der Waals surface area contributed by atoms with Crippen LogP contribution < -0.4 is 4.74 Å². The molecule has 33 heavy (non-hydrogen) atoms. The Balaban J connectivity index is 1.98. The Labute approximate surface area is 190 Å². The number of benzene rings is 1. The molecule has 1 aliphatic rings. The molecule has 3 rings (SSSR count). The minimum Gasteiger partial charge on any atom is -0.480 e. The van der Waals surface area contributed by atoms with Crippen LogP contribution in [-0.2, 0) is 15.8 Å². The Hall–Kier alpha value is -2.91. The number of ether oxygens (including phenoxy) is 1. The number of likely N-dealkylation sites (tertiary alicyclic amines) is 1. The number of carbonyl (C=O) groups is 2. The van der Waals surface area contributed by atoms with Gasteiger partial charge in [-0.2, -0.15) is 18.2 Å². The monoisotopic (exact) mass is 467 g/mol. The molecule has 10 heteroatoms. The van der Waals surface area contributed by atoms with E-state index in [2.05, 4.69) is 9.97 Å². The number of amides is 1. The molecule has 1 fully saturated rings. The van der Waals surface area contributed by atoms with E-state index in [-0.39, 0.29) is 35.7 Å². The van der Waals surface area contributed by atoms with Crippen molar-refractivity contribution in [3.05, 3.63) is 29.1 Å². The van der Waals surface area contributed by atoms with E-state index >= 15 is 0 Å². The van der Waals surface area contributed by atoms with E-state index in [1.165, 1.54) is 11.0 Å². The zero-order valence-corrected chi connectivity index (χ0v) is 19.4. The Morgan fingerprint density at radius 1 is 1.15 bits per heavy atom. The summed E-state index contributed by atoms with van der Waals surface area (Å²) in [5.41, 5.74) is 1.28. The molecule has 0 spiro atoms. The van der Waals surface area contributed by atoms with Crippen LogP contribution in [0.25, 0.3) is 10.9 Å². The molecule has 1 aliphatic heterocycles. The summed E-state index contributed by atoms with van der Waals surface area (Å²) in [4.78, 5) is 33.4. The number of aliphatic carboxylic acids is 1. The van der Waals surface area contributed by atoms with E-state index in [4.69, 9.17) is 4.74 Å². The van der Waals surface area contributed by atoms with E-state index in [0.29, 0.717) is 5.39 Å². The molecular weight excluding hydrogens is 439 g/mol. The first kappa shape index (κ1) is 24.7. The highest BCUT2D eigenvalue weighted by atomic mass is 19.4. The lowest BCUT2D eigenvalue weighted by Gasteiger charge is -2.31. The summed E-state index contributed by atoms with van der Waals surface area (Å²) in [7, 11) is 0. The second kappa shape index (κ2) is 8.46. The third kappa shape index (κ3) is 5.04. The molecule has 180 valence electrons. The molecular formula is C23H28F3N3O4. The molecule has 1 aromatic heterocycles. The molecule has 2 unspecified atom stereocenters. The fourth-order valence-corrected chi connectivity index (χ4v) is 3.71. The van der Waals surface area contributed by atoms with Gasteiger partial charge in [0.15, 0.2) is 0 Å². The lowest BCUT2D eigenvalue weighted by atomic mass is 9.81. The number of aryl methyl sites for hydroxylation is 2. The highest BCUT2D eigenvalue weighted by molar-refractivity contribution is 5.87. The van der Waals surface area contributed by atoms with Crippen LogP contribution in [0.5, 0.6) is 5.88 Å². The van der Waals surface area contributed by atoms with Crippen LogP contribution in [0.15, 0.2) is 12.1 Å². The summed E-state index contributed by atoms with van der Waals surface area (Å²) in [5, 5.41) is 9.96. The number of hydrogen-bond acceptors (Lipinski definition) is 5. The number of hydrogen-bond donors (Lipinski definition) is 1. The maximum Gasteiger partial charge on any atom is 0.451 e. The van der Waals surface area contributed by atoms with Gasteiger partial charge in [-0.25, -0.2) is 9.78 Å². The van der Waals surface area contributed by atoms with Gasteiger partial charge in [0.2, 0.25) is 17.6 Å². The van der Waals surface area contributed by atoms with Crippen LogP contribution in [0.2, 0.25) is 0 Å². The quantitative estimate of drug-likeness (QED) is 0.718. The lowest BCUT2D eigenvalue weighted by Crippen LogP contribution is -2.45. The van der Waals surface area contributed by atoms with Gasteiger partial charge in [0.1, 0.15) is 12.1 Å². The van der Waals surface area contributed by atoms with Crippen molar-refractivity contribution < 1.29 is 32.6 Å². The molecule has 1 aromatic carbocycles. The van der Waals surface area contributed by atoms with E-state index in [1.54, 1.807) is 26.8 Å². The van der Waals surface area contributed by atoms with Crippen molar-refractivity contribution in [1.29, 1.82) is 0 Å². The maximum absolute atomic E-state index is 13.4. The molecule has 1 saturated heterocycles. The Morgan fingerprint density at radius 3 is 2.30 bits per heavy atom. The van der Waals surface area contributed by atoms with E-state index in [1.807, 2.05) is 20.8 Å². The first-order valence-electron chi connectivity index (χ1n) is 10.7. The van der Waals surface area contributed by atoms with Crippen LogP contribution in [0.4, 0.5) is 13.2 Å². The average molecular weight is 467 g/mol. The Morgan fingerprint density at radius 2 is 1.76 bits per heavy atom. The number of carboxylic acids is 1. The minimum absolute atomic E-state index is 0.0599. The van der Waals surface area contributed by atoms with Gasteiger partial charge in [0.05, 0.1) is 17.4 Å². The minimum atomic E-state index is -4.78. The standard InChI is InChI=1S/C23H28F3N3O4/c1-11-7-15-16(8-12(11)2)27-21(23(24,25)26)28-18(15)33-14-9-17(20(31)32)29(10-14)19(30)13(3)22(4,5)6/h7-8,13-14,17H,9-10H2,1-6H3,(H,31,32)/t13-,14?,17?/m1/s1. The number of rotatable bonds is 4. The SMILES string of the molecule is Cc1cc2nc(C(F)(F)F)nc(OC3CC(C(=O)O)N(C(=O)[C@@H](C)C(C)(C)C)C3)c2cc1C. The third-order valence-corrected chi connectivity index (χ3v) is 6.31. The fourth-order valence-electron chi connectivity index (χ4n) is 3.71. The molecule has 2 aromatic rings. The van der Waals surface area contributed by atoms with E-state index in [9.17, 15) is 27.9 Å². The largest absolute Gasteiger partial charge is 0.480 e. The third-order valence-electron chi connectivity index (χ3n) is 6.31. The van der Waals surface area contributed by atoms with Crippen molar-refractivity contribution in [2.24, 2.45) is 11.3 Å². The van der Waals surface area contributed by atoms with Crippen LogP contribution in [0.1, 0.15) is 51.1 Å². The molecule has 1 amide bonds. The van der Waals surface area contributed by atoms with Crippen LogP contribution in [0, 0.1) is 25.2 Å². The molecule has 2 heterocycles. The summed E-state index contributed by atoms with van der Waals surface area (Å²) < 4.78 is 46.1. The van der Waals surface area contributed by atoms with Gasteiger partial charge < -0.3 is 14.7 Å². The van der Waals surface area contributed by atoms with Gasteiger partial charge in [0.25, 0.3) is 0 Å². The number of halogens is 3. The summed E-state index contributed by atoms with van der Waals surface area (Å²) >= 11 is 0. The average Bonchev–Trinajstić information content (AvgIpc) is 3.10. The van der Waals surface area contributed by atoms with Crippen molar-refractivity contribution in [1.82, 2.24) is 14.9 Å². The number of aromatic nitrogens is 2. The Bertz CT molecular complexity index is 1100. The smallest absolute Gasteiger partial charge is 0.451 e. The van der Waals surface area contributed by atoms with Crippen molar-refractivity contribution in [3.63, 3.8) is 0 Å². The second-order valence-electron chi connectivity index (χ2n) is 9.71. The van der Waals surface area contributed by atoms with Crippen LogP contribution in [-0.4, -0.2) is 50.5 Å². The van der Waals surface area contributed by atoms with Crippen LogP contribution >= 0.6 is 0 Å². The maximum atomic E-state index is 13.4. The fraction of sp³-hybridized carbons (Fsp3) is 0.565. The summed E-state index contributed by atoms with van der Waals surface area (Å²) in [6.07, 6.45) is -5.67. The number of carboxylic acid groups (broad SMARTS) is 1. The zero-order chi connectivity index (χ0) is 24.9. The van der Waals surface area contributed by atoms with Gasteiger partial charge in [0, 0.05) is 12.3 Å². The van der Waals surface area contributed by atoms with Gasteiger partial charge in [-0.3, -0.25) is 4.79 Å². The van der Waals surface area contributed by atoms with Crippen molar-refractivity contribution in [2.45, 2.75) is 66.3 Å². The highest BCUT2D eigenvalue weighted by Crippen LogP contribution is 2.35. The molecule has 0 aliphatic carbocycles. The molecule has 3 atom stereocenters. The second-order valence-corrected chi connectivity index (χ2v) is 9.71. The first-order valence-corrected chi connectivity index (χ1v) is 10.7. The molecule has 0 radical (unpaired) electrons.